The Morgan fingerprint density at radius 2 is 1.63 bits per heavy atom. The first-order valence-corrected chi connectivity index (χ1v) is 13.5. The van der Waals surface area contributed by atoms with Crippen molar-refractivity contribution in [1.29, 1.82) is 0 Å². The molecule has 0 aliphatic heterocycles. The molecule has 0 saturated heterocycles. The molecular formula is C29H50O. The number of rotatable bonds is 6. The van der Waals surface area contributed by atoms with Crippen LogP contribution in [0.4, 0.5) is 0 Å². The number of aliphatic hydroxyl groups excluding tert-OH is 1. The van der Waals surface area contributed by atoms with Gasteiger partial charge in [-0.2, -0.15) is 0 Å². The molecule has 1 N–H and O–H groups in total. The zero-order valence-corrected chi connectivity index (χ0v) is 20.9. The minimum atomic E-state index is -0.0398. The molecule has 4 aliphatic rings. The normalized spacial score (nSPS) is 45.3. The number of allylic oxidation sites excluding steroid dienone is 2. The van der Waals surface area contributed by atoms with Gasteiger partial charge in [0.2, 0.25) is 0 Å². The highest BCUT2D eigenvalue weighted by molar-refractivity contribution is 5.27. The summed E-state index contributed by atoms with van der Waals surface area (Å²) in [6.45, 7) is 15.1. The fourth-order valence-corrected chi connectivity index (χ4v) is 8.76. The first kappa shape index (κ1) is 22.9. The second-order valence-electron chi connectivity index (χ2n) is 13.0. The molecule has 4 rings (SSSR count). The van der Waals surface area contributed by atoms with Crippen molar-refractivity contribution < 1.29 is 5.11 Å². The lowest BCUT2D eigenvalue weighted by atomic mass is 9.47. The molecule has 172 valence electrons. The molecule has 30 heavy (non-hydrogen) atoms. The van der Waals surface area contributed by atoms with Crippen molar-refractivity contribution in [3.8, 4) is 0 Å². The standard InChI is InChI=1S/C29H50O/c1-19(2)20(3)8-7-9-21(4)25-12-13-26-24-11-10-22-18-23(30)14-16-28(22,5)27(24)15-17-29(25,26)6/h11,19-23,25-27,30H,7-10,12-18H2,1-6H3/t20?,21?,22?,23-,25+,26-,27-,28-,29+/m0/s1. The van der Waals surface area contributed by atoms with Gasteiger partial charge in [-0.05, 0) is 104 Å². The van der Waals surface area contributed by atoms with Crippen LogP contribution in [-0.4, -0.2) is 11.2 Å². The molecule has 0 aromatic carbocycles. The quantitative estimate of drug-likeness (QED) is 0.436. The smallest absolute Gasteiger partial charge is 0.0543 e. The van der Waals surface area contributed by atoms with E-state index in [-0.39, 0.29) is 6.10 Å². The van der Waals surface area contributed by atoms with Crippen molar-refractivity contribution in [1.82, 2.24) is 0 Å². The van der Waals surface area contributed by atoms with Gasteiger partial charge in [0.1, 0.15) is 0 Å². The Morgan fingerprint density at radius 3 is 2.37 bits per heavy atom. The van der Waals surface area contributed by atoms with E-state index in [1.165, 1.54) is 57.8 Å². The van der Waals surface area contributed by atoms with Crippen LogP contribution in [0, 0.1) is 52.3 Å². The summed E-state index contributed by atoms with van der Waals surface area (Å²) >= 11 is 0. The van der Waals surface area contributed by atoms with Gasteiger partial charge in [0, 0.05) is 0 Å². The van der Waals surface area contributed by atoms with Crippen molar-refractivity contribution in [2.45, 2.75) is 118 Å². The van der Waals surface area contributed by atoms with E-state index in [0.29, 0.717) is 10.8 Å². The summed E-state index contributed by atoms with van der Waals surface area (Å²) in [7, 11) is 0. The second-order valence-corrected chi connectivity index (χ2v) is 13.0. The molecule has 0 amide bonds. The van der Waals surface area contributed by atoms with Crippen LogP contribution in [0.15, 0.2) is 11.6 Å². The van der Waals surface area contributed by atoms with Gasteiger partial charge in [-0.1, -0.05) is 72.5 Å². The summed E-state index contributed by atoms with van der Waals surface area (Å²) in [5, 5.41) is 10.3. The number of fused-ring (bicyclic) bond motifs is 5. The van der Waals surface area contributed by atoms with Crippen molar-refractivity contribution in [2.24, 2.45) is 52.3 Å². The van der Waals surface area contributed by atoms with E-state index < -0.39 is 0 Å². The van der Waals surface area contributed by atoms with Gasteiger partial charge in [-0.15, -0.1) is 0 Å². The fraction of sp³-hybridized carbons (Fsp3) is 0.931. The minimum Gasteiger partial charge on any atom is -0.393 e. The van der Waals surface area contributed by atoms with Gasteiger partial charge in [0.05, 0.1) is 6.10 Å². The maximum Gasteiger partial charge on any atom is 0.0543 e. The highest BCUT2D eigenvalue weighted by atomic mass is 16.3. The zero-order valence-electron chi connectivity index (χ0n) is 20.9. The Balaban J connectivity index is 1.45. The van der Waals surface area contributed by atoms with Crippen LogP contribution < -0.4 is 0 Å². The summed E-state index contributed by atoms with van der Waals surface area (Å²) in [4.78, 5) is 0. The van der Waals surface area contributed by atoms with Crippen LogP contribution in [-0.2, 0) is 0 Å². The Labute approximate surface area is 187 Å². The third-order valence-corrected chi connectivity index (χ3v) is 11.3. The summed E-state index contributed by atoms with van der Waals surface area (Å²) in [5.74, 6) is 5.89. The SMILES string of the molecule is CC(C)C(C)CCCC(C)[C@H]1CC[C@H]2C3=CCC4C[C@@H](O)CC[C@]4(C)[C@H]3CC[C@]12C. The van der Waals surface area contributed by atoms with Crippen molar-refractivity contribution in [3.05, 3.63) is 11.6 Å². The molecule has 4 aliphatic carbocycles. The van der Waals surface area contributed by atoms with Gasteiger partial charge in [-0.3, -0.25) is 0 Å². The molecule has 3 saturated carbocycles. The average molecular weight is 415 g/mol. The van der Waals surface area contributed by atoms with Crippen molar-refractivity contribution in [2.75, 3.05) is 0 Å². The van der Waals surface area contributed by atoms with Crippen LogP contribution in [0.3, 0.4) is 0 Å². The predicted octanol–water partition coefficient (Wildman–Crippen LogP) is 8.02. The van der Waals surface area contributed by atoms with Crippen LogP contribution >= 0.6 is 0 Å². The Morgan fingerprint density at radius 1 is 0.933 bits per heavy atom. The highest BCUT2D eigenvalue weighted by Gasteiger charge is 2.58. The molecule has 3 unspecified atom stereocenters. The lowest BCUT2D eigenvalue weighted by molar-refractivity contribution is -0.0427. The van der Waals surface area contributed by atoms with E-state index in [1.54, 1.807) is 0 Å². The molecule has 0 aromatic heterocycles. The summed E-state index contributed by atoms with van der Waals surface area (Å²) in [5.41, 5.74) is 2.88. The molecule has 9 atom stereocenters. The van der Waals surface area contributed by atoms with E-state index in [9.17, 15) is 5.11 Å². The van der Waals surface area contributed by atoms with Crippen LogP contribution in [0.2, 0.25) is 0 Å². The third-order valence-electron chi connectivity index (χ3n) is 11.3. The largest absolute Gasteiger partial charge is 0.393 e. The van der Waals surface area contributed by atoms with E-state index in [4.69, 9.17) is 0 Å². The van der Waals surface area contributed by atoms with Gasteiger partial charge < -0.3 is 5.11 Å². The Hall–Kier alpha value is -0.300. The van der Waals surface area contributed by atoms with Gasteiger partial charge in [0.15, 0.2) is 0 Å². The number of aliphatic hydroxyl groups is 1. The molecule has 0 aromatic rings. The van der Waals surface area contributed by atoms with Crippen molar-refractivity contribution in [3.63, 3.8) is 0 Å². The molecule has 0 bridgehead atoms. The molecule has 3 fully saturated rings. The van der Waals surface area contributed by atoms with E-state index in [1.807, 2.05) is 5.57 Å². The molecule has 0 radical (unpaired) electrons. The molecule has 1 nitrogen and oxygen atoms in total. The Kier molecular flexibility index (Phi) is 6.53. The van der Waals surface area contributed by atoms with Gasteiger partial charge in [-0.25, -0.2) is 0 Å². The molecule has 1 heteroatoms. The lowest BCUT2D eigenvalue weighted by Crippen LogP contribution is -2.49. The first-order chi connectivity index (χ1) is 14.2. The monoisotopic (exact) mass is 414 g/mol. The van der Waals surface area contributed by atoms with Crippen molar-refractivity contribution >= 4 is 0 Å². The molecule has 0 spiro atoms. The lowest BCUT2D eigenvalue weighted by Gasteiger charge is -2.57. The van der Waals surface area contributed by atoms with Gasteiger partial charge in [0.25, 0.3) is 0 Å². The predicted molar refractivity (Wildman–Crippen MR) is 128 cm³/mol. The topological polar surface area (TPSA) is 20.2 Å². The van der Waals surface area contributed by atoms with E-state index >= 15 is 0 Å². The summed E-state index contributed by atoms with van der Waals surface area (Å²) in [6.07, 6.45) is 17.2. The maximum atomic E-state index is 10.3. The molecular weight excluding hydrogens is 364 g/mol. The zero-order chi connectivity index (χ0) is 21.7. The minimum absolute atomic E-state index is 0.0398. The van der Waals surface area contributed by atoms with Crippen LogP contribution in [0.5, 0.6) is 0 Å². The third kappa shape index (κ3) is 3.84. The second kappa shape index (κ2) is 8.57. The molecule has 0 heterocycles. The first-order valence-electron chi connectivity index (χ1n) is 13.5. The maximum absolute atomic E-state index is 10.3. The average Bonchev–Trinajstić information content (AvgIpc) is 3.05. The van der Waals surface area contributed by atoms with E-state index in [2.05, 4.69) is 47.6 Å². The Bertz CT molecular complexity index is 634. The van der Waals surface area contributed by atoms with E-state index in [0.717, 1.165) is 54.3 Å². The van der Waals surface area contributed by atoms with Crippen LogP contribution in [0.1, 0.15) is 112 Å². The summed E-state index contributed by atoms with van der Waals surface area (Å²) < 4.78 is 0. The number of hydrogen-bond donors (Lipinski definition) is 1. The van der Waals surface area contributed by atoms with Gasteiger partial charge >= 0.3 is 0 Å². The fourth-order valence-electron chi connectivity index (χ4n) is 8.76. The highest BCUT2D eigenvalue weighted by Crippen LogP contribution is 2.66. The van der Waals surface area contributed by atoms with Crippen LogP contribution in [0.25, 0.3) is 0 Å². The number of hydrogen-bond acceptors (Lipinski definition) is 1. The summed E-state index contributed by atoms with van der Waals surface area (Å²) in [6, 6.07) is 0.